The molecular formula is C26H32ClN3O3. The van der Waals surface area contributed by atoms with Gasteiger partial charge in [-0.25, -0.2) is 4.98 Å². The minimum Gasteiger partial charge on any atom is -0.487 e. The van der Waals surface area contributed by atoms with Crippen LogP contribution in [-0.2, 0) is 0 Å². The third-order valence-corrected chi connectivity index (χ3v) is 6.89. The van der Waals surface area contributed by atoms with Crippen molar-refractivity contribution in [2.75, 3.05) is 19.6 Å². The lowest BCUT2D eigenvalue weighted by Crippen LogP contribution is -2.51. The molecule has 176 valence electrons. The predicted octanol–water partition coefficient (Wildman–Crippen LogP) is 5.21. The van der Waals surface area contributed by atoms with Crippen LogP contribution in [0.3, 0.4) is 0 Å². The number of benzene rings is 1. The van der Waals surface area contributed by atoms with Gasteiger partial charge in [-0.1, -0.05) is 30.2 Å². The maximum atomic E-state index is 13.5. The molecule has 0 N–H and O–H groups in total. The van der Waals surface area contributed by atoms with Gasteiger partial charge in [0, 0.05) is 25.8 Å². The molecular weight excluding hydrogens is 438 g/mol. The van der Waals surface area contributed by atoms with Gasteiger partial charge in [-0.05, 0) is 69.7 Å². The summed E-state index contributed by atoms with van der Waals surface area (Å²) in [5.74, 6) is 0.536. The second-order valence-corrected chi connectivity index (χ2v) is 9.25. The minimum absolute atomic E-state index is 0.0120. The van der Waals surface area contributed by atoms with Crippen molar-refractivity contribution in [3.63, 3.8) is 0 Å². The molecule has 2 aliphatic rings. The standard InChI is InChI=1S/C26H32ClN3O3/c1-2-29-16-8-3-9-17-30(26(32)21-15-14-19(27)18-28-21)22-11-5-7-13-24(22)33-23-12-6-4-10-20(23)25(29)31/h4,6,10,12,14-15,18,22,24H,2-3,5,7-9,11,13,16-17H2,1H3/t22-,24+/m1/s1. The van der Waals surface area contributed by atoms with Gasteiger partial charge in [0.1, 0.15) is 17.5 Å². The third-order valence-electron chi connectivity index (χ3n) is 6.67. The highest BCUT2D eigenvalue weighted by Gasteiger charge is 2.36. The third kappa shape index (κ3) is 5.49. The van der Waals surface area contributed by atoms with E-state index < -0.39 is 0 Å². The van der Waals surface area contributed by atoms with Crippen molar-refractivity contribution in [3.05, 3.63) is 58.9 Å². The van der Waals surface area contributed by atoms with Crippen LogP contribution in [0.2, 0.25) is 5.02 Å². The molecule has 2 atom stereocenters. The van der Waals surface area contributed by atoms with Crippen molar-refractivity contribution in [1.29, 1.82) is 0 Å². The molecule has 2 aromatic rings. The Kier molecular flexibility index (Phi) is 7.86. The molecule has 4 rings (SSSR count). The molecule has 0 saturated heterocycles. The lowest BCUT2D eigenvalue weighted by molar-refractivity contribution is 0.0268. The molecule has 1 aliphatic heterocycles. The first-order chi connectivity index (χ1) is 16.1. The van der Waals surface area contributed by atoms with Crippen LogP contribution in [0.5, 0.6) is 5.75 Å². The highest BCUT2D eigenvalue weighted by atomic mass is 35.5. The van der Waals surface area contributed by atoms with Crippen molar-refractivity contribution in [2.45, 2.75) is 64.0 Å². The van der Waals surface area contributed by atoms with Gasteiger partial charge in [0.2, 0.25) is 0 Å². The van der Waals surface area contributed by atoms with Gasteiger partial charge in [-0.3, -0.25) is 9.59 Å². The molecule has 6 nitrogen and oxygen atoms in total. The van der Waals surface area contributed by atoms with Gasteiger partial charge >= 0.3 is 0 Å². The number of hydrogen-bond donors (Lipinski definition) is 0. The van der Waals surface area contributed by atoms with E-state index in [4.69, 9.17) is 16.3 Å². The molecule has 1 aliphatic carbocycles. The number of rotatable bonds is 2. The van der Waals surface area contributed by atoms with Crippen LogP contribution in [-0.4, -0.2) is 58.4 Å². The molecule has 0 radical (unpaired) electrons. The molecule has 0 spiro atoms. The summed E-state index contributed by atoms with van der Waals surface area (Å²) < 4.78 is 6.53. The molecule has 7 heteroatoms. The number of fused-ring (bicyclic) bond motifs is 2. The number of carbonyl (C=O) groups is 2. The normalized spacial score (nSPS) is 22.2. The van der Waals surface area contributed by atoms with Crippen LogP contribution in [0, 0.1) is 0 Å². The van der Waals surface area contributed by atoms with Gasteiger partial charge in [0.05, 0.1) is 16.6 Å². The van der Waals surface area contributed by atoms with Crippen LogP contribution in [0.1, 0.15) is 72.7 Å². The fourth-order valence-electron chi connectivity index (χ4n) is 4.88. The summed E-state index contributed by atoms with van der Waals surface area (Å²) in [6.45, 7) is 4.01. The Labute approximate surface area is 200 Å². The molecule has 0 bridgehead atoms. The van der Waals surface area contributed by atoms with Gasteiger partial charge in [0.25, 0.3) is 11.8 Å². The summed E-state index contributed by atoms with van der Waals surface area (Å²) in [5.41, 5.74) is 1.00. The molecule has 1 saturated carbocycles. The van der Waals surface area contributed by atoms with Crippen molar-refractivity contribution in [3.8, 4) is 5.75 Å². The maximum Gasteiger partial charge on any atom is 0.272 e. The molecule has 1 aromatic carbocycles. The summed E-state index contributed by atoms with van der Waals surface area (Å²) in [7, 11) is 0. The average Bonchev–Trinajstić information content (AvgIpc) is 2.85. The van der Waals surface area contributed by atoms with Gasteiger partial charge in [0.15, 0.2) is 0 Å². The first-order valence-electron chi connectivity index (χ1n) is 12.1. The Morgan fingerprint density at radius 3 is 2.64 bits per heavy atom. The quantitative estimate of drug-likeness (QED) is 0.605. The van der Waals surface area contributed by atoms with E-state index in [-0.39, 0.29) is 24.0 Å². The van der Waals surface area contributed by atoms with E-state index in [0.29, 0.717) is 41.7 Å². The van der Waals surface area contributed by atoms with E-state index in [1.807, 2.05) is 41.0 Å². The second-order valence-electron chi connectivity index (χ2n) is 8.81. The number of para-hydroxylation sites is 1. The topological polar surface area (TPSA) is 62.7 Å². The first kappa shape index (κ1) is 23.6. The zero-order valence-corrected chi connectivity index (χ0v) is 20.0. The van der Waals surface area contributed by atoms with Gasteiger partial charge in [-0.2, -0.15) is 0 Å². The largest absolute Gasteiger partial charge is 0.487 e. The summed E-state index contributed by atoms with van der Waals surface area (Å²) in [6, 6.07) is 10.8. The van der Waals surface area contributed by atoms with Crippen molar-refractivity contribution < 1.29 is 14.3 Å². The monoisotopic (exact) mass is 469 g/mol. The molecule has 1 aromatic heterocycles. The van der Waals surface area contributed by atoms with Crippen LogP contribution >= 0.6 is 11.6 Å². The second kappa shape index (κ2) is 11.0. The van der Waals surface area contributed by atoms with E-state index >= 15 is 0 Å². The fraction of sp³-hybridized carbons (Fsp3) is 0.500. The number of ether oxygens (including phenoxy) is 1. The van der Waals surface area contributed by atoms with Crippen LogP contribution in [0.25, 0.3) is 0 Å². The number of hydrogen-bond acceptors (Lipinski definition) is 4. The number of nitrogens with zero attached hydrogens (tertiary/aromatic N) is 3. The van der Waals surface area contributed by atoms with Gasteiger partial charge < -0.3 is 14.5 Å². The Balaban J connectivity index is 1.68. The fourth-order valence-corrected chi connectivity index (χ4v) is 4.99. The molecule has 1 fully saturated rings. The molecule has 2 heterocycles. The number of aromatic nitrogens is 1. The lowest BCUT2D eigenvalue weighted by atomic mass is 9.90. The van der Waals surface area contributed by atoms with Crippen LogP contribution < -0.4 is 4.74 Å². The Morgan fingerprint density at radius 1 is 1.06 bits per heavy atom. The Morgan fingerprint density at radius 2 is 1.85 bits per heavy atom. The Bertz CT molecular complexity index is 966. The van der Waals surface area contributed by atoms with Gasteiger partial charge in [-0.15, -0.1) is 0 Å². The Hall–Kier alpha value is -2.60. The van der Waals surface area contributed by atoms with E-state index in [0.717, 1.165) is 44.9 Å². The maximum absolute atomic E-state index is 13.5. The zero-order chi connectivity index (χ0) is 23.2. The van der Waals surface area contributed by atoms with E-state index in [9.17, 15) is 9.59 Å². The highest BCUT2D eigenvalue weighted by Crippen LogP contribution is 2.31. The molecule has 0 unspecified atom stereocenters. The first-order valence-corrected chi connectivity index (χ1v) is 12.4. The van der Waals surface area contributed by atoms with Crippen LogP contribution in [0.15, 0.2) is 42.6 Å². The lowest BCUT2D eigenvalue weighted by Gasteiger charge is -2.40. The minimum atomic E-state index is -0.167. The molecule has 2 amide bonds. The summed E-state index contributed by atoms with van der Waals surface area (Å²) in [6.07, 6.45) is 7.89. The molecule has 33 heavy (non-hydrogen) atoms. The summed E-state index contributed by atoms with van der Waals surface area (Å²) >= 11 is 5.99. The van der Waals surface area contributed by atoms with E-state index in [1.54, 1.807) is 12.1 Å². The highest BCUT2D eigenvalue weighted by molar-refractivity contribution is 6.30. The van der Waals surface area contributed by atoms with Crippen molar-refractivity contribution in [1.82, 2.24) is 14.8 Å². The number of pyridine rings is 1. The number of amides is 2. The average molecular weight is 470 g/mol. The van der Waals surface area contributed by atoms with Crippen LogP contribution in [0.4, 0.5) is 0 Å². The van der Waals surface area contributed by atoms with Crippen molar-refractivity contribution >= 4 is 23.4 Å². The summed E-state index contributed by atoms with van der Waals surface area (Å²) in [5, 5.41) is 0.511. The number of halogens is 1. The SMILES string of the molecule is CCN1CCCCCN(C(=O)c2ccc(Cl)cn2)[C@@H]2CCCC[C@@H]2Oc2ccccc2C1=O. The van der Waals surface area contributed by atoms with E-state index in [2.05, 4.69) is 4.98 Å². The van der Waals surface area contributed by atoms with Crippen molar-refractivity contribution in [2.24, 2.45) is 0 Å². The smallest absolute Gasteiger partial charge is 0.272 e. The summed E-state index contributed by atoms with van der Waals surface area (Å²) in [4.78, 5) is 35.0. The van der Waals surface area contributed by atoms with E-state index in [1.165, 1.54) is 6.20 Å². The zero-order valence-electron chi connectivity index (χ0n) is 19.2. The predicted molar refractivity (Wildman–Crippen MR) is 129 cm³/mol. The number of carbonyl (C=O) groups excluding carboxylic acids is 2.